The molecular formula is C14H13NO5S2. The topological polar surface area (TPSA) is 81.7 Å². The number of thiophene rings is 1. The highest BCUT2D eigenvalue weighted by molar-refractivity contribution is 7.91. The smallest absolute Gasteiger partial charge is 0.269 e. The summed E-state index contributed by atoms with van der Waals surface area (Å²) in [5, 5.41) is 4.49. The number of rotatable bonds is 3. The lowest BCUT2D eigenvalue weighted by Crippen LogP contribution is -2.40. The molecule has 0 radical (unpaired) electrons. The molecule has 1 atom stereocenters. The maximum atomic E-state index is 12.3. The van der Waals surface area contributed by atoms with Crippen molar-refractivity contribution in [2.45, 2.75) is 11.0 Å². The third-order valence-electron chi connectivity index (χ3n) is 3.07. The fourth-order valence-electron chi connectivity index (χ4n) is 2.02. The molecule has 22 heavy (non-hydrogen) atoms. The number of sulfone groups is 1. The lowest BCUT2D eigenvalue weighted by Gasteiger charge is -2.25. The first-order chi connectivity index (χ1) is 10.4. The number of carbonyl (C=O) groups is 1. The molecule has 1 aromatic carbocycles. The van der Waals surface area contributed by atoms with Crippen LogP contribution >= 0.6 is 11.3 Å². The Balaban J connectivity index is 1.76. The van der Waals surface area contributed by atoms with Crippen molar-refractivity contribution >= 4 is 32.1 Å². The van der Waals surface area contributed by atoms with E-state index in [9.17, 15) is 13.2 Å². The fraction of sp³-hybridized carbons (Fsp3) is 0.214. The zero-order chi connectivity index (χ0) is 15.7. The third kappa shape index (κ3) is 2.93. The molecule has 1 aliphatic heterocycles. The number of ether oxygens (including phenoxy) is 2. The van der Waals surface area contributed by atoms with E-state index in [-0.39, 0.29) is 16.5 Å². The second-order valence-electron chi connectivity index (χ2n) is 4.74. The second-order valence-corrected chi connectivity index (χ2v) is 7.64. The van der Waals surface area contributed by atoms with E-state index >= 15 is 0 Å². The number of benzene rings is 1. The van der Waals surface area contributed by atoms with Gasteiger partial charge in [-0.3, -0.25) is 4.79 Å². The summed E-state index contributed by atoms with van der Waals surface area (Å²) in [5.41, 5.74) is 0. The second kappa shape index (κ2) is 5.62. The van der Waals surface area contributed by atoms with Gasteiger partial charge in [0.15, 0.2) is 21.3 Å². The Kier molecular flexibility index (Phi) is 3.79. The summed E-state index contributed by atoms with van der Waals surface area (Å²) in [5.74, 6) is 0.629. The van der Waals surface area contributed by atoms with Gasteiger partial charge in [0, 0.05) is 6.26 Å². The summed E-state index contributed by atoms with van der Waals surface area (Å²) in [6.07, 6.45) is 0.269. The van der Waals surface area contributed by atoms with Crippen LogP contribution in [0.25, 0.3) is 0 Å². The van der Waals surface area contributed by atoms with Crippen molar-refractivity contribution in [3.05, 3.63) is 35.7 Å². The quantitative estimate of drug-likeness (QED) is 0.924. The van der Waals surface area contributed by atoms with Gasteiger partial charge in [0.05, 0.1) is 0 Å². The lowest BCUT2D eigenvalue weighted by atomic mass is 10.2. The number of nitrogens with one attached hydrogen (secondary N) is 1. The van der Waals surface area contributed by atoms with E-state index in [1.807, 2.05) is 6.07 Å². The van der Waals surface area contributed by atoms with E-state index in [0.29, 0.717) is 11.5 Å². The molecule has 0 bridgehead atoms. The Morgan fingerprint density at radius 2 is 2.00 bits per heavy atom. The van der Waals surface area contributed by atoms with Crippen LogP contribution < -0.4 is 14.8 Å². The standard InChI is InChI=1S/C14H13NO5S2/c1-22(17,18)12-6-7-21-14(12)15-13(16)11-8-19-9-4-2-3-5-10(9)20-11/h2-7,11H,8H2,1H3,(H,15,16). The SMILES string of the molecule is CS(=O)(=O)c1ccsc1NC(=O)C1COc2ccccc2O1. The van der Waals surface area contributed by atoms with Gasteiger partial charge in [0.25, 0.3) is 5.91 Å². The van der Waals surface area contributed by atoms with Crippen molar-refractivity contribution < 1.29 is 22.7 Å². The van der Waals surface area contributed by atoms with Crippen LogP contribution in [-0.2, 0) is 14.6 Å². The van der Waals surface area contributed by atoms with Gasteiger partial charge in [-0.25, -0.2) is 8.42 Å². The number of hydrogen-bond acceptors (Lipinski definition) is 6. The van der Waals surface area contributed by atoms with Crippen LogP contribution in [-0.4, -0.2) is 33.3 Å². The molecule has 6 nitrogen and oxygen atoms in total. The average Bonchev–Trinajstić information content (AvgIpc) is 2.95. The Bertz CT molecular complexity index is 812. The summed E-state index contributed by atoms with van der Waals surface area (Å²) >= 11 is 1.15. The Hall–Kier alpha value is -2.06. The highest BCUT2D eigenvalue weighted by Gasteiger charge is 2.28. The minimum absolute atomic E-state index is 0.0719. The molecule has 0 aliphatic carbocycles. The van der Waals surface area contributed by atoms with Crippen LogP contribution in [0.15, 0.2) is 40.6 Å². The maximum Gasteiger partial charge on any atom is 0.269 e. The van der Waals surface area contributed by atoms with Crippen LogP contribution in [0.4, 0.5) is 5.00 Å². The van der Waals surface area contributed by atoms with E-state index in [0.717, 1.165) is 17.6 Å². The van der Waals surface area contributed by atoms with E-state index in [1.54, 1.807) is 23.6 Å². The molecule has 3 rings (SSSR count). The summed E-state index contributed by atoms with van der Waals surface area (Å²) in [6.45, 7) is 0.0719. The summed E-state index contributed by atoms with van der Waals surface area (Å²) in [6, 6.07) is 8.52. The zero-order valence-electron chi connectivity index (χ0n) is 11.6. The highest BCUT2D eigenvalue weighted by Crippen LogP contribution is 2.32. The van der Waals surface area contributed by atoms with Gasteiger partial charge in [0.2, 0.25) is 6.10 Å². The van der Waals surface area contributed by atoms with Crippen LogP contribution in [0.5, 0.6) is 11.5 Å². The molecule has 0 fully saturated rings. The van der Waals surface area contributed by atoms with E-state index < -0.39 is 21.8 Å². The average molecular weight is 339 g/mol. The molecule has 0 saturated heterocycles. The molecule has 8 heteroatoms. The van der Waals surface area contributed by atoms with Gasteiger partial charge in [-0.15, -0.1) is 11.3 Å². The fourth-order valence-corrected chi connectivity index (χ4v) is 4.09. The summed E-state index contributed by atoms with van der Waals surface area (Å²) in [4.78, 5) is 12.4. The molecule has 2 heterocycles. The van der Waals surface area contributed by atoms with Crippen LogP contribution in [0.2, 0.25) is 0 Å². The maximum absolute atomic E-state index is 12.3. The summed E-state index contributed by atoms with van der Waals surface area (Å²) < 4.78 is 34.3. The minimum atomic E-state index is -3.39. The van der Waals surface area contributed by atoms with E-state index in [4.69, 9.17) is 9.47 Å². The first-order valence-corrected chi connectivity index (χ1v) is 9.19. The van der Waals surface area contributed by atoms with Gasteiger partial charge in [-0.1, -0.05) is 12.1 Å². The van der Waals surface area contributed by atoms with Crippen molar-refractivity contribution in [3.8, 4) is 11.5 Å². The number of carbonyl (C=O) groups excluding carboxylic acids is 1. The molecular weight excluding hydrogens is 326 g/mol. The van der Waals surface area contributed by atoms with E-state index in [1.165, 1.54) is 6.07 Å². The number of fused-ring (bicyclic) bond motifs is 1. The van der Waals surface area contributed by atoms with Gasteiger partial charge >= 0.3 is 0 Å². The van der Waals surface area contributed by atoms with Gasteiger partial charge in [-0.2, -0.15) is 0 Å². The van der Waals surface area contributed by atoms with Gasteiger partial charge < -0.3 is 14.8 Å². The Morgan fingerprint density at radius 3 is 2.73 bits per heavy atom. The number of hydrogen-bond donors (Lipinski definition) is 1. The molecule has 116 valence electrons. The molecule has 1 unspecified atom stereocenters. The molecule has 2 aromatic rings. The monoisotopic (exact) mass is 339 g/mol. The van der Waals surface area contributed by atoms with Crippen LogP contribution in [0.1, 0.15) is 0 Å². The first-order valence-electron chi connectivity index (χ1n) is 6.42. The Labute approximate surface area is 131 Å². The first kappa shape index (κ1) is 14.9. The van der Waals surface area contributed by atoms with Crippen molar-refractivity contribution in [1.29, 1.82) is 0 Å². The highest BCUT2D eigenvalue weighted by atomic mass is 32.2. The molecule has 1 aromatic heterocycles. The van der Waals surface area contributed by atoms with Crippen LogP contribution in [0, 0.1) is 0 Å². The number of amides is 1. The normalized spacial score (nSPS) is 17.0. The van der Waals surface area contributed by atoms with Crippen LogP contribution in [0.3, 0.4) is 0 Å². The number of anilines is 1. The van der Waals surface area contributed by atoms with Crippen molar-refractivity contribution in [2.24, 2.45) is 0 Å². The lowest BCUT2D eigenvalue weighted by molar-refractivity contribution is -0.125. The zero-order valence-corrected chi connectivity index (χ0v) is 13.2. The molecule has 1 N–H and O–H groups in total. The molecule has 1 amide bonds. The predicted molar refractivity (Wildman–Crippen MR) is 82.4 cm³/mol. The minimum Gasteiger partial charge on any atom is -0.485 e. The van der Waals surface area contributed by atoms with Crippen molar-refractivity contribution in [2.75, 3.05) is 18.2 Å². The summed E-state index contributed by atoms with van der Waals surface area (Å²) in [7, 11) is -3.39. The predicted octanol–water partition coefficient (Wildman–Crippen LogP) is 1.93. The van der Waals surface area contributed by atoms with Gasteiger partial charge in [0.1, 0.15) is 16.5 Å². The Morgan fingerprint density at radius 1 is 1.27 bits per heavy atom. The molecule has 0 spiro atoms. The van der Waals surface area contributed by atoms with Gasteiger partial charge in [-0.05, 0) is 23.6 Å². The third-order valence-corrected chi connectivity index (χ3v) is 5.16. The molecule has 1 aliphatic rings. The van der Waals surface area contributed by atoms with E-state index in [2.05, 4.69) is 5.32 Å². The van der Waals surface area contributed by atoms with Crippen molar-refractivity contribution in [3.63, 3.8) is 0 Å². The van der Waals surface area contributed by atoms with Crippen molar-refractivity contribution in [1.82, 2.24) is 0 Å². The largest absolute Gasteiger partial charge is 0.485 e. The number of para-hydroxylation sites is 2. The molecule has 0 saturated carbocycles.